The van der Waals surface area contributed by atoms with Crippen molar-refractivity contribution in [3.63, 3.8) is 0 Å². The van der Waals surface area contributed by atoms with Crippen LogP contribution in [0.15, 0.2) is 12.3 Å². The van der Waals surface area contributed by atoms with Gasteiger partial charge in [-0.25, -0.2) is 0 Å². The lowest BCUT2D eigenvalue weighted by atomic mass is 10.2. The van der Waals surface area contributed by atoms with Crippen molar-refractivity contribution in [1.29, 1.82) is 0 Å². The molecule has 1 aromatic heterocycles. The lowest BCUT2D eigenvalue weighted by molar-refractivity contribution is -0.143. The summed E-state index contributed by atoms with van der Waals surface area (Å²) in [4.78, 5) is 11.5. The molecule has 0 saturated heterocycles. The van der Waals surface area contributed by atoms with E-state index in [2.05, 4.69) is 15.2 Å². The summed E-state index contributed by atoms with van der Waals surface area (Å²) in [5.41, 5.74) is -0.985. The van der Waals surface area contributed by atoms with Crippen molar-refractivity contribution in [1.82, 2.24) is 15.1 Å². The first-order chi connectivity index (χ1) is 8.74. The van der Waals surface area contributed by atoms with Crippen LogP contribution < -0.4 is 5.32 Å². The Kier molecular flexibility index (Phi) is 4.93. The molecule has 0 aromatic carbocycles. The summed E-state index contributed by atoms with van der Waals surface area (Å²) in [6, 6.07) is 0.108. The summed E-state index contributed by atoms with van der Waals surface area (Å²) in [5.74, 6) is -0.544. The van der Waals surface area contributed by atoms with Gasteiger partial charge >= 0.3 is 12.1 Å². The van der Waals surface area contributed by atoms with E-state index in [0.717, 1.165) is 10.7 Å². The molecule has 0 aliphatic carbocycles. The third-order valence-electron chi connectivity index (χ3n) is 2.32. The number of carbonyl (C=O) groups is 1. The van der Waals surface area contributed by atoms with Crippen LogP contribution in [0.5, 0.6) is 0 Å². The molecule has 19 heavy (non-hydrogen) atoms. The first-order valence-corrected chi connectivity index (χ1v) is 5.68. The van der Waals surface area contributed by atoms with Crippen molar-refractivity contribution in [2.75, 3.05) is 7.11 Å². The van der Waals surface area contributed by atoms with Crippen molar-refractivity contribution < 1.29 is 22.7 Å². The SMILES string of the molecule is COC(=O)C(Cn1ccc(C(F)(F)F)n1)NC(C)C. The number of ether oxygens (including phenoxy) is 1. The summed E-state index contributed by atoms with van der Waals surface area (Å²) < 4.78 is 42.8. The second-order valence-electron chi connectivity index (χ2n) is 4.32. The average molecular weight is 279 g/mol. The number of nitrogens with one attached hydrogen (secondary N) is 1. The fourth-order valence-electron chi connectivity index (χ4n) is 1.54. The number of halogens is 3. The maximum Gasteiger partial charge on any atom is 0.435 e. The second kappa shape index (κ2) is 6.05. The first-order valence-electron chi connectivity index (χ1n) is 5.68. The molecule has 1 N–H and O–H groups in total. The van der Waals surface area contributed by atoms with Crippen LogP contribution in [0.25, 0.3) is 0 Å². The number of aromatic nitrogens is 2. The van der Waals surface area contributed by atoms with E-state index < -0.39 is 23.9 Å². The number of esters is 1. The molecule has 0 spiro atoms. The Morgan fingerprint density at radius 3 is 2.58 bits per heavy atom. The quantitative estimate of drug-likeness (QED) is 0.829. The maximum absolute atomic E-state index is 12.4. The Bertz CT molecular complexity index is 429. The molecule has 8 heteroatoms. The highest BCUT2D eigenvalue weighted by molar-refractivity contribution is 5.75. The third-order valence-corrected chi connectivity index (χ3v) is 2.32. The Morgan fingerprint density at radius 2 is 2.16 bits per heavy atom. The lowest BCUT2D eigenvalue weighted by Gasteiger charge is -2.18. The van der Waals surface area contributed by atoms with E-state index in [4.69, 9.17) is 0 Å². The first kappa shape index (κ1) is 15.5. The number of methoxy groups -OCH3 is 1. The molecule has 108 valence electrons. The topological polar surface area (TPSA) is 56.2 Å². The molecule has 1 heterocycles. The Morgan fingerprint density at radius 1 is 1.53 bits per heavy atom. The van der Waals surface area contributed by atoms with Gasteiger partial charge in [-0.05, 0) is 6.07 Å². The van der Waals surface area contributed by atoms with Crippen molar-refractivity contribution in [2.45, 2.75) is 38.7 Å². The van der Waals surface area contributed by atoms with Crippen molar-refractivity contribution in [2.24, 2.45) is 0 Å². The standard InChI is InChI=1S/C11H16F3N3O2/c1-7(2)15-8(10(18)19-3)6-17-5-4-9(16-17)11(12,13)14/h4-5,7-8,15H,6H2,1-3H3. The maximum atomic E-state index is 12.4. The highest BCUT2D eigenvalue weighted by Gasteiger charge is 2.34. The average Bonchev–Trinajstić information content (AvgIpc) is 2.74. The summed E-state index contributed by atoms with van der Waals surface area (Å²) in [7, 11) is 1.22. The zero-order valence-corrected chi connectivity index (χ0v) is 10.9. The molecule has 1 rings (SSSR count). The van der Waals surface area contributed by atoms with E-state index >= 15 is 0 Å². The van der Waals surface area contributed by atoms with Gasteiger partial charge in [0, 0.05) is 12.2 Å². The van der Waals surface area contributed by atoms with E-state index in [9.17, 15) is 18.0 Å². The number of rotatable bonds is 5. The molecular weight excluding hydrogens is 263 g/mol. The molecule has 5 nitrogen and oxygen atoms in total. The van der Waals surface area contributed by atoms with Gasteiger partial charge in [0.15, 0.2) is 5.69 Å². The molecule has 0 radical (unpaired) electrons. The fourth-order valence-corrected chi connectivity index (χ4v) is 1.54. The Hall–Kier alpha value is -1.57. The van der Waals surface area contributed by atoms with Crippen LogP contribution in [0.3, 0.4) is 0 Å². The minimum atomic E-state index is -4.49. The van der Waals surface area contributed by atoms with Gasteiger partial charge in [0.2, 0.25) is 0 Å². The number of hydrogen-bond acceptors (Lipinski definition) is 4. The number of nitrogens with zero attached hydrogens (tertiary/aromatic N) is 2. The molecular formula is C11H16F3N3O2. The second-order valence-corrected chi connectivity index (χ2v) is 4.32. The molecule has 0 aliphatic heterocycles. The molecule has 0 fully saturated rings. The summed E-state index contributed by atoms with van der Waals surface area (Å²) in [5, 5.41) is 6.30. The summed E-state index contributed by atoms with van der Waals surface area (Å²) >= 11 is 0. The third kappa shape index (κ3) is 4.55. The highest BCUT2D eigenvalue weighted by Crippen LogP contribution is 2.27. The van der Waals surface area contributed by atoms with Crippen LogP contribution in [-0.4, -0.2) is 34.9 Å². The molecule has 1 unspecified atom stereocenters. The van der Waals surface area contributed by atoms with Crippen molar-refractivity contribution in [3.05, 3.63) is 18.0 Å². The van der Waals surface area contributed by atoms with Gasteiger partial charge in [-0.1, -0.05) is 13.8 Å². The Labute approximate surface area is 108 Å². The van der Waals surface area contributed by atoms with E-state index in [1.54, 1.807) is 0 Å². The molecule has 1 aromatic rings. The van der Waals surface area contributed by atoms with E-state index in [-0.39, 0.29) is 12.6 Å². The van der Waals surface area contributed by atoms with Gasteiger partial charge in [0.05, 0.1) is 13.7 Å². The smallest absolute Gasteiger partial charge is 0.435 e. The van der Waals surface area contributed by atoms with Crippen LogP contribution in [-0.2, 0) is 22.3 Å². The zero-order chi connectivity index (χ0) is 14.6. The van der Waals surface area contributed by atoms with Gasteiger partial charge in [-0.2, -0.15) is 18.3 Å². The van der Waals surface area contributed by atoms with E-state index in [1.807, 2.05) is 13.8 Å². The molecule has 1 atom stereocenters. The van der Waals surface area contributed by atoms with Gasteiger partial charge in [-0.3, -0.25) is 9.48 Å². The van der Waals surface area contributed by atoms with Crippen LogP contribution in [0.1, 0.15) is 19.5 Å². The molecule has 0 amide bonds. The van der Waals surface area contributed by atoms with E-state index in [0.29, 0.717) is 0 Å². The van der Waals surface area contributed by atoms with Gasteiger partial charge < -0.3 is 10.1 Å². The Balaban J connectivity index is 2.79. The van der Waals surface area contributed by atoms with Crippen LogP contribution >= 0.6 is 0 Å². The van der Waals surface area contributed by atoms with E-state index in [1.165, 1.54) is 13.3 Å². The molecule has 0 bridgehead atoms. The predicted octanol–water partition coefficient (Wildman–Crippen LogP) is 1.44. The number of alkyl halides is 3. The normalized spacial score (nSPS) is 13.6. The van der Waals surface area contributed by atoms with Crippen molar-refractivity contribution in [3.8, 4) is 0 Å². The minimum Gasteiger partial charge on any atom is -0.468 e. The largest absolute Gasteiger partial charge is 0.468 e. The molecule has 0 aliphatic rings. The van der Waals surface area contributed by atoms with Gasteiger partial charge in [0.25, 0.3) is 0 Å². The predicted molar refractivity (Wildman–Crippen MR) is 61.3 cm³/mol. The van der Waals surface area contributed by atoms with Crippen LogP contribution in [0.4, 0.5) is 13.2 Å². The number of carbonyl (C=O) groups excluding carboxylic acids is 1. The van der Waals surface area contributed by atoms with Crippen LogP contribution in [0.2, 0.25) is 0 Å². The molecule has 0 saturated carbocycles. The number of hydrogen-bond donors (Lipinski definition) is 1. The van der Waals surface area contributed by atoms with Gasteiger partial charge in [-0.15, -0.1) is 0 Å². The lowest BCUT2D eigenvalue weighted by Crippen LogP contribution is -2.44. The highest BCUT2D eigenvalue weighted by atomic mass is 19.4. The fraction of sp³-hybridized carbons (Fsp3) is 0.636. The summed E-state index contributed by atoms with van der Waals surface area (Å²) in [6.07, 6.45) is -3.31. The monoisotopic (exact) mass is 279 g/mol. The summed E-state index contributed by atoms with van der Waals surface area (Å²) in [6.45, 7) is 3.61. The minimum absolute atomic E-state index is 0.0123. The van der Waals surface area contributed by atoms with Gasteiger partial charge in [0.1, 0.15) is 6.04 Å². The van der Waals surface area contributed by atoms with Crippen molar-refractivity contribution >= 4 is 5.97 Å². The van der Waals surface area contributed by atoms with Crippen LogP contribution in [0, 0.1) is 0 Å². The zero-order valence-electron chi connectivity index (χ0n) is 10.9.